The lowest BCUT2D eigenvalue weighted by atomic mass is 10.2. The summed E-state index contributed by atoms with van der Waals surface area (Å²) >= 11 is 2.82. The number of nitriles is 1. The summed E-state index contributed by atoms with van der Waals surface area (Å²) in [4.78, 5) is 11.8. The molecule has 3 aromatic rings. The first-order valence-corrected chi connectivity index (χ1v) is 8.35. The standard InChI is InChI=1S/C15H10N4O2S2/c16-8-10-3-5-11(6-4-10)9-22-15-19-18-14(23-15)17-13(20)12-2-1-7-21-12/h1-7H,9H2,(H,17,18,20). The molecule has 0 aliphatic rings. The fourth-order valence-corrected chi connectivity index (χ4v) is 3.41. The molecule has 1 N–H and O–H groups in total. The van der Waals surface area contributed by atoms with Gasteiger partial charge in [-0.3, -0.25) is 10.1 Å². The predicted octanol–water partition coefficient (Wildman–Crippen LogP) is 3.55. The number of hydrogen-bond acceptors (Lipinski definition) is 7. The highest BCUT2D eigenvalue weighted by atomic mass is 32.2. The number of carbonyl (C=O) groups excluding carboxylic acids is 1. The van der Waals surface area contributed by atoms with Crippen LogP contribution in [-0.4, -0.2) is 16.1 Å². The lowest BCUT2D eigenvalue weighted by Crippen LogP contribution is -2.10. The van der Waals surface area contributed by atoms with Gasteiger partial charge in [0.2, 0.25) is 5.13 Å². The van der Waals surface area contributed by atoms with E-state index in [9.17, 15) is 4.79 Å². The molecule has 0 aliphatic heterocycles. The van der Waals surface area contributed by atoms with E-state index in [1.54, 1.807) is 24.3 Å². The van der Waals surface area contributed by atoms with Gasteiger partial charge < -0.3 is 4.42 Å². The summed E-state index contributed by atoms with van der Waals surface area (Å²) in [5, 5.41) is 19.8. The van der Waals surface area contributed by atoms with E-state index in [-0.39, 0.29) is 11.7 Å². The molecule has 114 valence electrons. The summed E-state index contributed by atoms with van der Waals surface area (Å²) in [7, 11) is 0. The Balaban J connectivity index is 1.56. The van der Waals surface area contributed by atoms with Crippen LogP contribution in [0.1, 0.15) is 21.7 Å². The minimum Gasteiger partial charge on any atom is -0.459 e. The fourth-order valence-electron chi connectivity index (χ4n) is 1.71. The lowest BCUT2D eigenvalue weighted by molar-refractivity contribution is 0.0996. The van der Waals surface area contributed by atoms with Gasteiger partial charge in [-0.15, -0.1) is 10.2 Å². The molecule has 0 radical (unpaired) electrons. The van der Waals surface area contributed by atoms with Gasteiger partial charge in [-0.2, -0.15) is 5.26 Å². The molecule has 2 aromatic heterocycles. The number of aromatic nitrogens is 2. The molecule has 1 aromatic carbocycles. The predicted molar refractivity (Wildman–Crippen MR) is 87.3 cm³/mol. The van der Waals surface area contributed by atoms with E-state index < -0.39 is 0 Å². The molecule has 1 amide bonds. The van der Waals surface area contributed by atoms with E-state index in [1.165, 1.54) is 29.4 Å². The van der Waals surface area contributed by atoms with Crippen molar-refractivity contribution >= 4 is 34.1 Å². The zero-order chi connectivity index (χ0) is 16.1. The van der Waals surface area contributed by atoms with Crippen LogP contribution in [0, 0.1) is 11.3 Å². The van der Waals surface area contributed by atoms with Gasteiger partial charge in [-0.05, 0) is 29.8 Å². The Hall–Kier alpha value is -2.63. The van der Waals surface area contributed by atoms with E-state index in [2.05, 4.69) is 21.6 Å². The maximum absolute atomic E-state index is 11.8. The van der Waals surface area contributed by atoms with Crippen molar-refractivity contribution in [3.05, 3.63) is 59.5 Å². The Bertz CT molecular complexity index is 835. The third-order valence-corrected chi connectivity index (χ3v) is 4.86. The summed E-state index contributed by atoms with van der Waals surface area (Å²) in [6.45, 7) is 0. The van der Waals surface area contributed by atoms with Crippen molar-refractivity contribution < 1.29 is 9.21 Å². The Kier molecular flexibility index (Phi) is 4.71. The van der Waals surface area contributed by atoms with Crippen molar-refractivity contribution in [3.8, 4) is 6.07 Å². The van der Waals surface area contributed by atoms with Gasteiger partial charge >= 0.3 is 0 Å². The van der Waals surface area contributed by atoms with Gasteiger partial charge in [-0.25, -0.2) is 0 Å². The van der Waals surface area contributed by atoms with E-state index in [1.807, 2.05) is 12.1 Å². The summed E-state index contributed by atoms with van der Waals surface area (Å²) in [5.74, 6) is 0.591. The average Bonchev–Trinajstić information content (AvgIpc) is 3.25. The number of anilines is 1. The average molecular weight is 342 g/mol. The number of thioether (sulfide) groups is 1. The first-order valence-electron chi connectivity index (χ1n) is 6.55. The first kappa shape index (κ1) is 15.3. The minimum absolute atomic E-state index is 0.229. The number of nitrogens with one attached hydrogen (secondary N) is 1. The number of carbonyl (C=O) groups is 1. The highest BCUT2D eigenvalue weighted by Gasteiger charge is 2.12. The molecule has 0 bridgehead atoms. The first-order chi connectivity index (χ1) is 11.2. The van der Waals surface area contributed by atoms with Crippen LogP contribution < -0.4 is 5.32 Å². The van der Waals surface area contributed by atoms with Crippen LogP contribution in [0.4, 0.5) is 5.13 Å². The van der Waals surface area contributed by atoms with Crippen LogP contribution in [0.3, 0.4) is 0 Å². The summed E-state index contributed by atoms with van der Waals surface area (Å²) in [5.41, 5.74) is 1.72. The third-order valence-electron chi connectivity index (χ3n) is 2.82. The number of amides is 1. The largest absolute Gasteiger partial charge is 0.459 e. The Morgan fingerprint density at radius 3 is 2.83 bits per heavy atom. The second-order valence-corrected chi connectivity index (χ2v) is 6.60. The number of benzene rings is 1. The SMILES string of the molecule is N#Cc1ccc(CSc2nnc(NC(=O)c3ccco3)s2)cc1. The van der Waals surface area contributed by atoms with E-state index in [0.717, 1.165) is 9.90 Å². The van der Waals surface area contributed by atoms with Crippen LogP contribution in [0.15, 0.2) is 51.4 Å². The third kappa shape index (κ3) is 3.97. The monoisotopic (exact) mass is 342 g/mol. The highest BCUT2D eigenvalue weighted by molar-refractivity contribution is 8.00. The van der Waals surface area contributed by atoms with Gasteiger partial charge in [0.05, 0.1) is 17.9 Å². The van der Waals surface area contributed by atoms with Crippen molar-refractivity contribution in [3.63, 3.8) is 0 Å². The maximum atomic E-state index is 11.8. The smallest absolute Gasteiger partial charge is 0.293 e. The molecule has 23 heavy (non-hydrogen) atoms. The van der Waals surface area contributed by atoms with Crippen molar-refractivity contribution in [2.24, 2.45) is 0 Å². The van der Waals surface area contributed by atoms with Crippen molar-refractivity contribution in [2.45, 2.75) is 10.1 Å². The van der Waals surface area contributed by atoms with Crippen LogP contribution in [0.5, 0.6) is 0 Å². The number of furan rings is 1. The van der Waals surface area contributed by atoms with E-state index in [0.29, 0.717) is 16.4 Å². The highest BCUT2D eigenvalue weighted by Crippen LogP contribution is 2.28. The van der Waals surface area contributed by atoms with Gasteiger partial charge in [0.25, 0.3) is 5.91 Å². The van der Waals surface area contributed by atoms with Gasteiger partial charge in [0.15, 0.2) is 10.1 Å². The topological polar surface area (TPSA) is 91.8 Å². The molecule has 0 unspecified atom stereocenters. The molecule has 3 rings (SSSR count). The van der Waals surface area contributed by atoms with Crippen LogP contribution in [0.2, 0.25) is 0 Å². The van der Waals surface area contributed by atoms with Crippen LogP contribution >= 0.6 is 23.1 Å². The minimum atomic E-state index is -0.352. The number of hydrogen-bond donors (Lipinski definition) is 1. The lowest BCUT2D eigenvalue weighted by Gasteiger charge is -1.98. The summed E-state index contributed by atoms with van der Waals surface area (Å²) < 4.78 is 5.77. The van der Waals surface area contributed by atoms with E-state index in [4.69, 9.17) is 9.68 Å². The molecule has 8 heteroatoms. The van der Waals surface area contributed by atoms with Crippen molar-refractivity contribution in [1.29, 1.82) is 5.26 Å². The molecule has 2 heterocycles. The Morgan fingerprint density at radius 2 is 2.13 bits per heavy atom. The fraction of sp³-hybridized carbons (Fsp3) is 0.0667. The quantitative estimate of drug-likeness (QED) is 0.563. The van der Waals surface area contributed by atoms with Crippen LogP contribution in [0.25, 0.3) is 0 Å². The van der Waals surface area contributed by atoms with Crippen molar-refractivity contribution in [1.82, 2.24) is 10.2 Å². The number of nitrogens with zero attached hydrogens (tertiary/aromatic N) is 3. The second kappa shape index (κ2) is 7.09. The van der Waals surface area contributed by atoms with Gasteiger partial charge in [0, 0.05) is 5.75 Å². The normalized spacial score (nSPS) is 10.2. The van der Waals surface area contributed by atoms with Crippen LogP contribution in [-0.2, 0) is 5.75 Å². The Labute approximate surface area is 140 Å². The maximum Gasteiger partial charge on any atom is 0.293 e. The summed E-state index contributed by atoms with van der Waals surface area (Å²) in [6.07, 6.45) is 1.44. The molecule has 0 fully saturated rings. The molecular weight excluding hydrogens is 332 g/mol. The zero-order valence-corrected chi connectivity index (χ0v) is 13.4. The number of rotatable bonds is 5. The molecular formula is C15H10N4O2S2. The van der Waals surface area contributed by atoms with Crippen molar-refractivity contribution in [2.75, 3.05) is 5.32 Å². The second-order valence-electron chi connectivity index (χ2n) is 4.40. The molecule has 0 saturated heterocycles. The molecule has 0 spiro atoms. The summed E-state index contributed by atoms with van der Waals surface area (Å²) in [6, 6.07) is 12.7. The Morgan fingerprint density at radius 1 is 1.30 bits per heavy atom. The molecule has 0 saturated carbocycles. The molecule has 6 nitrogen and oxygen atoms in total. The van der Waals surface area contributed by atoms with E-state index >= 15 is 0 Å². The zero-order valence-electron chi connectivity index (χ0n) is 11.7. The molecule has 0 aliphatic carbocycles. The molecule has 0 atom stereocenters. The van der Waals surface area contributed by atoms with Gasteiger partial charge in [0.1, 0.15) is 0 Å². The van der Waals surface area contributed by atoms with Gasteiger partial charge in [-0.1, -0.05) is 35.2 Å².